The van der Waals surface area contributed by atoms with E-state index >= 15 is 0 Å². The number of benzene rings is 1. The highest BCUT2D eigenvalue weighted by molar-refractivity contribution is 5.94. The van der Waals surface area contributed by atoms with Crippen LogP contribution in [-0.2, 0) is 4.74 Å². The first-order valence-electron chi connectivity index (χ1n) is 7.04. The van der Waals surface area contributed by atoms with Gasteiger partial charge in [0.05, 0.1) is 6.61 Å². The van der Waals surface area contributed by atoms with E-state index in [9.17, 15) is 4.79 Å². The van der Waals surface area contributed by atoms with Gasteiger partial charge in [-0.25, -0.2) is 0 Å². The molecule has 0 bridgehead atoms. The van der Waals surface area contributed by atoms with Crippen molar-refractivity contribution in [3.8, 4) is 0 Å². The summed E-state index contributed by atoms with van der Waals surface area (Å²) in [7, 11) is 0. The summed E-state index contributed by atoms with van der Waals surface area (Å²) in [6.45, 7) is 2.68. The van der Waals surface area contributed by atoms with Crippen LogP contribution in [0.2, 0.25) is 0 Å². The van der Waals surface area contributed by atoms with Crippen LogP contribution in [0.3, 0.4) is 0 Å². The van der Waals surface area contributed by atoms with Crippen molar-refractivity contribution in [1.29, 1.82) is 0 Å². The number of amides is 1. The zero-order valence-corrected chi connectivity index (χ0v) is 11.0. The maximum absolute atomic E-state index is 11.8. The van der Waals surface area contributed by atoms with Crippen LogP contribution in [0, 0.1) is 5.92 Å². The van der Waals surface area contributed by atoms with Gasteiger partial charge >= 0.3 is 0 Å². The van der Waals surface area contributed by atoms with Crippen molar-refractivity contribution in [2.24, 2.45) is 5.92 Å². The molecule has 19 heavy (non-hydrogen) atoms. The van der Waals surface area contributed by atoms with Crippen molar-refractivity contribution >= 4 is 11.6 Å². The van der Waals surface area contributed by atoms with E-state index in [0.29, 0.717) is 12.0 Å². The molecular weight excluding hydrogens is 240 g/mol. The molecule has 1 aromatic carbocycles. The van der Waals surface area contributed by atoms with E-state index < -0.39 is 0 Å². The van der Waals surface area contributed by atoms with E-state index in [4.69, 9.17) is 4.74 Å². The van der Waals surface area contributed by atoms with Gasteiger partial charge in [-0.1, -0.05) is 0 Å². The lowest BCUT2D eigenvalue weighted by molar-refractivity contribution is 0.0951. The maximum Gasteiger partial charge on any atom is 0.251 e. The molecule has 4 nitrogen and oxygen atoms in total. The van der Waals surface area contributed by atoms with Crippen molar-refractivity contribution in [3.05, 3.63) is 29.8 Å². The van der Waals surface area contributed by atoms with Gasteiger partial charge in [0.2, 0.25) is 0 Å². The zero-order chi connectivity index (χ0) is 13.1. The minimum absolute atomic E-state index is 0.0400. The molecule has 1 saturated heterocycles. The smallest absolute Gasteiger partial charge is 0.251 e. The molecule has 0 aromatic heterocycles. The molecule has 1 aliphatic carbocycles. The van der Waals surface area contributed by atoms with Gasteiger partial charge < -0.3 is 15.4 Å². The first-order valence-corrected chi connectivity index (χ1v) is 7.04. The molecule has 2 aliphatic rings. The molecule has 102 valence electrons. The average Bonchev–Trinajstić information content (AvgIpc) is 3.09. The lowest BCUT2D eigenvalue weighted by Gasteiger charge is -2.11. The van der Waals surface area contributed by atoms with Crippen molar-refractivity contribution < 1.29 is 9.53 Å². The quantitative estimate of drug-likeness (QED) is 0.851. The highest BCUT2D eigenvalue weighted by Gasteiger charge is 2.23. The molecule has 1 saturated carbocycles. The third-order valence-corrected chi connectivity index (χ3v) is 3.68. The largest absolute Gasteiger partial charge is 0.385 e. The molecule has 0 radical (unpaired) electrons. The second kappa shape index (κ2) is 5.61. The third-order valence-electron chi connectivity index (χ3n) is 3.68. The van der Waals surface area contributed by atoms with E-state index in [-0.39, 0.29) is 5.91 Å². The Morgan fingerprint density at radius 3 is 2.63 bits per heavy atom. The molecular formula is C15H20N2O2. The zero-order valence-electron chi connectivity index (χ0n) is 11.0. The number of rotatable bonds is 5. The Hall–Kier alpha value is -1.55. The third kappa shape index (κ3) is 3.47. The van der Waals surface area contributed by atoms with Crippen LogP contribution < -0.4 is 10.6 Å². The monoisotopic (exact) mass is 260 g/mol. The van der Waals surface area contributed by atoms with Crippen LogP contribution in [0.5, 0.6) is 0 Å². The summed E-state index contributed by atoms with van der Waals surface area (Å²) in [5, 5.41) is 6.38. The van der Waals surface area contributed by atoms with Crippen molar-refractivity contribution in [1.82, 2.24) is 5.32 Å². The van der Waals surface area contributed by atoms with Gasteiger partial charge in [0.15, 0.2) is 0 Å². The molecule has 1 aliphatic heterocycles. The molecule has 1 heterocycles. The second-order valence-electron chi connectivity index (χ2n) is 5.44. The Morgan fingerprint density at radius 2 is 2.00 bits per heavy atom. The number of carbonyl (C=O) groups is 1. The Labute approximate surface area is 113 Å². The van der Waals surface area contributed by atoms with Gasteiger partial charge in [-0.15, -0.1) is 0 Å². The highest BCUT2D eigenvalue weighted by Crippen LogP contribution is 2.20. The second-order valence-corrected chi connectivity index (χ2v) is 5.44. The molecule has 3 rings (SSSR count). The summed E-state index contributed by atoms with van der Waals surface area (Å²) in [6, 6.07) is 8.11. The molecule has 2 fully saturated rings. The molecule has 1 amide bonds. The van der Waals surface area contributed by atoms with Crippen LogP contribution in [-0.4, -0.2) is 31.7 Å². The fraction of sp³-hybridized carbons (Fsp3) is 0.533. The van der Waals surface area contributed by atoms with E-state index in [1.807, 2.05) is 24.3 Å². The van der Waals surface area contributed by atoms with E-state index in [0.717, 1.165) is 50.3 Å². The fourth-order valence-corrected chi connectivity index (χ4v) is 2.24. The summed E-state index contributed by atoms with van der Waals surface area (Å²) in [5.41, 5.74) is 1.80. The summed E-state index contributed by atoms with van der Waals surface area (Å²) < 4.78 is 5.35. The fourth-order valence-electron chi connectivity index (χ4n) is 2.24. The Kier molecular flexibility index (Phi) is 3.69. The highest BCUT2D eigenvalue weighted by atomic mass is 16.5. The number of hydrogen-bond donors (Lipinski definition) is 2. The van der Waals surface area contributed by atoms with Gasteiger partial charge in [-0.05, 0) is 43.5 Å². The minimum atomic E-state index is 0.0400. The Balaban J connectivity index is 1.51. The number of nitrogens with one attached hydrogen (secondary N) is 2. The maximum atomic E-state index is 11.8. The average molecular weight is 260 g/mol. The summed E-state index contributed by atoms with van der Waals surface area (Å²) in [6.07, 6.45) is 3.37. The van der Waals surface area contributed by atoms with Gasteiger partial charge in [0.1, 0.15) is 0 Å². The SMILES string of the molecule is O=C(NC1CC1)c1ccc(NCC2CCOC2)cc1. The molecule has 1 unspecified atom stereocenters. The van der Waals surface area contributed by atoms with Crippen molar-refractivity contribution in [2.45, 2.75) is 25.3 Å². The summed E-state index contributed by atoms with van der Waals surface area (Å²) in [5.74, 6) is 0.649. The predicted octanol–water partition coefficient (Wildman–Crippen LogP) is 2.03. The minimum Gasteiger partial charge on any atom is -0.385 e. The number of carbonyl (C=O) groups excluding carboxylic acids is 1. The molecule has 2 N–H and O–H groups in total. The topological polar surface area (TPSA) is 50.4 Å². The first-order chi connectivity index (χ1) is 9.31. The number of ether oxygens (including phenoxy) is 1. The van der Waals surface area contributed by atoms with Gasteiger partial charge in [0.25, 0.3) is 5.91 Å². The normalized spacial score (nSPS) is 22.2. The van der Waals surface area contributed by atoms with Crippen LogP contribution in [0.25, 0.3) is 0 Å². The Morgan fingerprint density at radius 1 is 1.21 bits per heavy atom. The predicted molar refractivity (Wildman–Crippen MR) is 74.3 cm³/mol. The number of hydrogen-bond acceptors (Lipinski definition) is 3. The van der Waals surface area contributed by atoms with E-state index in [1.54, 1.807) is 0 Å². The van der Waals surface area contributed by atoms with Gasteiger partial charge in [-0.2, -0.15) is 0 Å². The van der Waals surface area contributed by atoms with Gasteiger partial charge in [0, 0.05) is 36.4 Å². The van der Waals surface area contributed by atoms with Crippen molar-refractivity contribution in [2.75, 3.05) is 25.1 Å². The van der Waals surface area contributed by atoms with Crippen molar-refractivity contribution in [3.63, 3.8) is 0 Å². The van der Waals surface area contributed by atoms with E-state index in [1.165, 1.54) is 0 Å². The van der Waals surface area contributed by atoms with Crippen LogP contribution in [0.4, 0.5) is 5.69 Å². The molecule has 4 heteroatoms. The summed E-state index contributed by atoms with van der Waals surface area (Å²) >= 11 is 0. The molecule has 0 spiro atoms. The lowest BCUT2D eigenvalue weighted by atomic mass is 10.1. The van der Waals surface area contributed by atoms with Crippen LogP contribution in [0.15, 0.2) is 24.3 Å². The molecule has 1 aromatic rings. The van der Waals surface area contributed by atoms with Crippen LogP contribution >= 0.6 is 0 Å². The Bertz CT molecular complexity index is 434. The molecule has 1 atom stereocenters. The van der Waals surface area contributed by atoms with E-state index in [2.05, 4.69) is 10.6 Å². The van der Waals surface area contributed by atoms with Crippen LogP contribution in [0.1, 0.15) is 29.6 Å². The van der Waals surface area contributed by atoms with Gasteiger partial charge in [-0.3, -0.25) is 4.79 Å². The number of anilines is 1. The summed E-state index contributed by atoms with van der Waals surface area (Å²) in [4.78, 5) is 11.8. The standard InChI is InChI=1S/C15H20N2O2/c18-15(17-14-5-6-14)12-1-3-13(4-2-12)16-9-11-7-8-19-10-11/h1-4,11,14,16H,5-10H2,(H,17,18). The first kappa shape index (κ1) is 12.5. The lowest BCUT2D eigenvalue weighted by Crippen LogP contribution is -2.25.